The summed E-state index contributed by atoms with van der Waals surface area (Å²) in [6, 6.07) is 1.39. The largest absolute Gasteiger partial charge is 0.343 e. The third-order valence-corrected chi connectivity index (χ3v) is 3.28. The molecule has 1 aliphatic heterocycles. The zero-order chi connectivity index (χ0) is 13.5. The molecule has 0 aromatic heterocycles. The first-order chi connectivity index (χ1) is 8.60. The molecule has 0 aromatic carbocycles. The number of piperidine rings is 1. The molecule has 2 atom stereocenters. The molecule has 0 aliphatic carbocycles. The summed E-state index contributed by atoms with van der Waals surface area (Å²) in [5.74, 6) is -1.06. The lowest BCUT2D eigenvalue weighted by Gasteiger charge is -2.29. The maximum Gasteiger partial charge on any atom is 0.244 e. The summed E-state index contributed by atoms with van der Waals surface area (Å²) in [5, 5.41) is 11.4. The average molecular weight is 251 g/mol. The third-order valence-electron chi connectivity index (χ3n) is 3.28. The van der Waals surface area contributed by atoms with E-state index in [9.17, 15) is 9.59 Å². The van der Waals surface area contributed by atoms with Gasteiger partial charge in [0.25, 0.3) is 0 Å². The minimum absolute atomic E-state index is 0.0455. The van der Waals surface area contributed by atoms with Crippen LogP contribution in [-0.4, -0.2) is 35.8 Å². The van der Waals surface area contributed by atoms with E-state index in [-0.39, 0.29) is 11.8 Å². The zero-order valence-electron chi connectivity index (χ0n) is 11.1. The van der Waals surface area contributed by atoms with Gasteiger partial charge in [0.2, 0.25) is 11.8 Å². The van der Waals surface area contributed by atoms with Gasteiger partial charge in [-0.3, -0.25) is 9.59 Å². The van der Waals surface area contributed by atoms with Gasteiger partial charge in [0, 0.05) is 13.1 Å². The van der Waals surface area contributed by atoms with E-state index in [4.69, 9.17) is 5.26 Å². The van der Waals surface area contributed by atoms with Crippen LogP contribution in [0.2, 0.25) is 0 Å². The fraction of sp³-hybridized carbons (Fsp3) is 0.769. The second-order valence-electron chi connectivity index (χ2n) is 4.71. The number of likely N-dealkylation sites (tertiary alicyclic amines) is 1. The molecule has 0 saturated carbocycles. The molecule has 1 N–H and O–H groups in total. The first-order valence-corrected chi connectivity index (χ1v) is 6.59. The second-order valence-corrected chi connectivity index (χ2v) is 4.71. The van der Waals surface area contributed by atoms with Crippen molar-refractivity contribution < 1.29 is 9.59 Å². The summed E-state index contributed by atoms with van der Waals surface area (Å²) in [7, 11) is 0. The van der Waals surface area contributed by atoms with Gasteiger partial charge in [-0.15, -0.1) is 0 Å². The van der Waals surface area contributed by atoms with Crippen LogP contribution in [-0.2, 0) is 9.59 Å². The SMILES string of the molecule is CCC(C#N)C(=O)NC(C)C(=O)N1CCCCC1. The van der Waals surface area contributed by atoms with Crippen molar-refractivity contribution in [2.24, 2.45) is 5.92 Å². The molecule has 18 heavy (non-hydrogen) atoms. The van der Waals surface area contributed by atoms with Gasteiger partial charge in [0.05, 0.1) is 6.07 Å². The summed E-state index contributed by atoms with van der Waals surface area (Å²) in [6.45, 7) is 5.01. The van der Waals surface area contributed by atoms with Gasteiger partial charge in [-0.1, -0.05) is 6.92 Å². The normalized spacial score (nSPS) is 18.6. The molecular formula is C13H21N3O2. The van der Waals surface area contributed by atoms with Gasteiger partial charge in [0.15, 0.2) is 0 Å². The molecule has 1 heterocycles. The molecule has 0 radical (unpaired) electrons. The maximum absolute atomic E-state index is 12.1. The van der Waals surface area contributed by atoms with Crippen LogP contribution >= 0.6 is 0 Å². The number of carbonyl (C=O) groups is 2. The minimum atomic E-state index is -0.665. The van der Waals surface area contributed by atoms with Crippen LogP contribution in [0.3, 0.4) is 0 Å². The lowest BCUT2D eigenvalue weighted by atomic mass is 10.1. The van der Waals surface area contributed by atoms with Gasteiger partial charge in [0.1, 0.15) is 12.0 Å². The van der Waals surface area contributed by atoms with Crippen molar-refractivity contribution in [3.8, 4) is 6.07 Å². The minimum Gasteiger partial charge on any atom is -0.343 e. The van der Waals surface area contributed by atoms with Crippen LogP contribution in [0.25, 0.3) is 0 Å². The standard InChI is InChI=1S/C13H21N3O2/c1-3-11(9-14)12(17)15-10(2)13(18)16-7-5-4-6-8-16/h10-11H,3-8H2,1-2H3,(H,15,17). The number of hydrogen-bond acceptors (Lipinski definition) is 3. The Morgan fingerprint density at radius 2 is 1.94 bits per heavy atom. The second kappa shape index (κ2) is 7.00. The fourth-order valence-corrected chi connectivity index (χ4v) is 2.10. The smallest absolute Gasteiger partial charge is 0.244 e. The van der Waals surface area contributed by atoms with E-state index in [0.717, 1.165) is 32.4 Å². The fourth-order valence-electron chi connectivity index (χ4n) is 2.10. The highest BCUT2D eigenvalue weighted by atomic mass is 16.2. The molecule has 0 aromatic rings. The Hall–Kier alpha value is -1.57. The average Bonchev–Trinajstić information content (AvgIpc) is 2.40. The molecule has 1 fully saturated rings. The first-order valence-electron chi connectivity index (χ1n) is 6.59. The van der Waals surface area contributed by atoms with E-state index in [2.05, 4.69) is 5.32 Å². The van der Waals surface area contributed by atoms with Crippen molar-refractivity contribution >= 4 is 11.8 Å². The molecule has 2 unspecified atom stereocenters. The van der Waals surface area contributed by atoms with Crippen molar-refractivity contribution in [1.82, 2.24) is 10.2 Å². The number of rotatable bonds is 4. The molecule has 0 bridgehead atoms. The Labute approximate surface area is 108 Å². The van der Waals surface area contributed by atoms with Crippen LogP contribution in [0.5, 0.6) is 0 Å². The molecule has 1 saturated heterocycles. The van der Waals surface area contributed by atoms with Crippen molar-refractivity contribution in [3.05, 3.63) is 0 Å². The van der Waals surface area contributed by atoms with Crippen LogP contribution in [0.15, 0.2) is 0 Å². The first kappa shape index (κ1) is 14.5. The molecular weight excluding hydrogens is 230 g/mol. The highest BCUT2D eigenvalue weighted by Gasteiger charge is 2.25. The number of nitrogens with one attached hydrogen (secondary N) is 1. The molecule has 1 rings (SSSR count). The summed E-state index contributed by atoms with van der Waals surface area (Å²) >= 11 is 0. The van der Waals surface area contributed by atoms with Crippen molar-refractivity contribution in [2.75, 3.05) is 13.1 Å². The Bertz CT molecular complexity index is 343. The Kier molecular flexibility index (Phi) is 5.63. The summed E-state index contributed by atoms with van der Waals surface area (Å²) < 4.78 is 0. The lowest BCUT2D eigenvalue weighted by Crippen LogP contribution is -2.49. The van der Waals surface area contributed by atoms with E-state index in [1.807, 2.05) is 6.07 Å². The van der Waals surface area contributed by atoms with E-state index in [1.165, 1.54) is 0 Å². The maximum atomic E-state index is 12.1. The van der Waals surface area contributed by atoms with Gasteiger partial charge in [-0.25, -0.2) is 0 Å². The van der Waals surface area contributed by atoms with Gasteiger partial charge < -0.3 is 10.2 Å². The van der Waals surface area contributed by atoms with Crippen LogP contribution in [0.4, 0.5) is 0 Å². The van der Waals surface area contributed by atoms with Gasteiger partial charge in [-0.05, 0) is 32.6 Å². The van der Waals surface area contributed by atoms with Gasteiger partial charge in [-0.2, -0.15) is 5.26 Å². The van der Waals surface area contributed by atoms with E-state index >= 15 is 0 Å². The molecule has 0 spiro atoms. The van der Waals surface area contributed by atoms with E-state index in [0.29, 0.717) is 6.42 Å². The number of carbonyl (C=O) groups excluding carboxylic acids is 2. The number of nitrogens with zero attached hydrogens (tertiary/aromatic N) is 2. The Balaban J connectivity index is 2.49. The lowest BCUT2D eigenvalue weighted by molar-refractivity contribution is -0.137. The molecule has 5 nitrogen and oxygen atoms in total. The van der Waals surface area contributed by atoms with Crippen molar-refractivity contribution in [2.45, 2.75) is 45.6 Å². The van der Waals surface area contributed by atoms with Crippen LogP contribution in [0, 0.1) is 17.2 Å². The monoisotopic (exact) mass is 251 g/mol. The third kappa shape index (κ3) is 3.73. The molecule has 100 valence electrons. The van der Waals surface area contributed by atoms with Crippen molar-refractivity contribution in [3.63, 3.8) is 0 Å². The summed E-state index contributed by atoms with van der Waals surface area (Å²) in [6.07, 6.45) is 3.69. The summed E-state index contributed by atoms with van der Waals surface area (Å²) in [5.41, 5.74) is 0. The Morgan fingerprint density at radius 3 is 2.44 bits per heavy atom. The molecule has 1 aliphatic rings. The Morgan fingerprint density at radius 1 is 1.33 bits per heavy atom. The molecule has 5 heteroatoms. The molecule has 2 amide bonds. The van der Waals surface area contributed by atoms with E-state index < -0.39 is 12.0 Å². The zero-order valence-corrected chi connectivity index (χ0v) is 11.1. The predicted molar refractivity (Wildman–Crippen MR) is 67.4 cm³/mol. The quantitative estimate of drug-likeness (QED) is 0.811. The van der Waals surface area contributed by atoms with Crippen LogP contribution < -0.4 is 5.32 Å². The number of amides is 2. The highest BCUT2D eigenvalue weighted by molar-refractivity contribution is 5.89. The number of nitriles is 1. The van der Waals surface area contributed by atoms with Crippen molar-refractivity contribution in [1.29, 1.82) is 5.26 Å². The summed E-state index contributed by atoms with van der Waals surface area (Å²) in [4.78, 5) is 25.6. The number of hydrogen-bond donors (Lipinski definition) is 1. The highest BCUT2D eigenvalue weighted by Crippen LogP contribution is 2.10. The van der Waals surface area contributed by atoms with Gasteiger partial charge >= 0.3 is 0 Å². The topological polar surface area (TPSA) is 73.2 Å². The van der Waals surface area contributed by atoms with E-state index in [1.54, 1.807) is 18.7 Å². The predicted octanol–water partition coefficient (Wildman–Crippen LogP) is 1.05. The van der Waals surface area contributed by atoms with Crippen LogP contribution in [0.1, 0.15) is 39.5 Å².